The van der Waals surface area contributed by atoms with Gasteiger partial charge in [0.15, 0.2) is 0 Å². The van der Waals surface area contributed by atoms with E-state index in [9.17, 15) is 0 Å². The van der Waals surface area contributed by atoms with Crippen molar-refractivity contribution in [1.29, 1.82) is 0 Å². The number of hydrogen-bond donors (Lipinski definition) is 2. The minimum Gasteiger partial charge on any atom is -0.308 e. The Hall–Kier alpha value is -0.870. The van der Waals surface area contributed by atoms with E-state index in [1.807, 2.05) is 12.1 Å². The van der Waals surface area contributed by atoms with E-state index in [1.54, 1.807) is 0 Å². The van der Waals surface area contributed by atoms with Crippen molar-refractivity contribution in [1.82, 2.24) is 5.43 Å². The summed E-state index contributed by atoms with van der Waals surface area (Å²) in [6, 6.07) is 6.59. The lowest BCUT2D eigenvalue weighted by Gasteiger charge is -2.07. The zero-order valence-corrected chi connectivity index (χ0v) is 10.2. The molecule has 1 fully saturated rings. The molecule has 0 radical (unpaired) electrons. The van der Waals surface area contributed by atoms with Crippen LogP contribution in [-0.4, -0.2) is 11.9 Å². The second-order valence-corrected chi connectivity index (χ2v) is 4.67. The van der Waals surface area contributed by atoms with Crippen LogP contribution in [0, 0.1) is 6.92 Å². The summed E-state index contributed by atoms with van der Waals surface area (Å²) in [6.45, 7) is 2.06. The molecule has 15 heavy (non-hydrogen) atoms. The maximum atomic E-state index is 5.47. The van der Waals surface area contributed by atoms with E-state index in [4.69, 9.17) is 5.84 Å². The molecule has 80 valence electrons. The Morgan fingerprint density at radius 3 is 2.80 bits per heavy atom. The van der Waals surface area contributed by atoms with E-state index in [0.29, 0.717) is 6.04 Å². The van der Waals surface area contributed by atoms with Crippen molar-refractivity contribution in [2.24, 2.45) is 10.8 Å². The van der Waals surface area contributed by atoms with Crippen LogP contribution in [0.2, 0.25) is 0 Å². The molecule has 0 bridgehead atoms. The molecule has 0 saturated heterocycles. The van der Waals surface area contributed by atoms with Crippen molar-refractivity contribution in [2.45, 2.75) is 25.8 Å². The van der Waals surface area contributed by atoms with Crippen LogP contribution >= 0.6 is 15.9 Å². The lowest BCUT2D eigenvalue weighted by Crippen LogP contribution is -2.31. The van der Waals surface area contributed by atoms with E-state index in [2.05, 4.69) is 39.3 Å². The van der Waals surface area contributed by atoms with Gasteiger partial charge in [0.05, 0.1) is 6.04 Å². The minimum atomic E-state index is 0.469. The number of nitrogens with two attached hydrogens (primary N) is 1. The Morgan fingerprint density at radius 1 is 1.53 bits per heavy atom. The molecule has 1 aromatic rings. The number of aryl methyl sites for hydroxylation is 1. The van der Waals surface area contributed by atoms with Crippen LogP contribution in [-0.2, 0) is 0 Å². The number of hydrogen-bond acceptors (Lipinski definition) is 2. The highest BCUT2D eigenvalue weighted by Gasteiger charge is 2.21. The number of benzene rings is 1. The molecule has 0 atom stereocenters. The molecule has 3 N–H and O–H groups in total. The van der Waals surface area contributed by atoms with Crippen LogP contribution in [0.3, 0.4) is 0 Å². The molecule has 0 unspecified atom stereocenters. The quantitative estimate of drug-likeness (QED) is 0.373. The highest BCUT2D eigenvalue weighted by molar-refractivity contribution is 9.10. The van der Waals surface area contributed by atoms with E-state index < -0.39 is 0 Å². The van der Waals surface area contributed by atoms with Gasteiger partial charge in [-0.1, -0.05) is 28.1 Å². The summed E-state index contributed by atoms with van der Waals surface area (Å²) in [4.78, 5) is 4.51. The third-order valence-corrected chi connectivity index (χ3v) is 3.29. The summed E-state index contributed by atoms with van der Waals surface area (Å²) in [6.07, 6.45) is 2.36. The summed E-state index contributed by atoms with van der Waals surface area (Å²) in [7, 11) is 0. The molecule has 0 amide bonds. The first-order valence-corrected chi connectivity index (χ1v) is 5.81. The molecule has 1 aliphatic carbocycles. The fourth-order valence-electron chi connectivity index (χ4n) is 1.32. The summed E-state index contributed by atoms with van der Waals surface area (Å²) in [5.74, 6) is 6.25. The largest absolute Gasteiger partial charge is 0.308 e. The van der Waals surface area contributed by atoms with Gasteiger partial charge in [0.25, 0.3) is 0 Å². The maximum Gasteiger partial charge on any atom is 0.142 e. The van der Waals surface area contributed by atoms with Gasteiger partial charge < -0.3 is 5.43 Å². The number of nitrogens with zero attached hydrogens (tertiary/aromatic N) is 1. The monoisotopic (exact) mass is 267 g/mol. The molecule has 1 saturated carbocycles. The number of aliphatic imine (C=N–C) groups is 1. The van der Waals surface area contributed by atoms with E-state index in [-0.39, 0.29) is 0 Å². The molecule has 0 heterocycles. The second-order valence-electron chi connectivity index (χ2n) is 3.82. The van der Waals surface area contributed by atoms with Crippen molar-refractivity contribution in [3.05, 3.63) is 33.8 Å². The van der Waals surface area contributed by atoms with Gasteiger partial charge in [-0.2, -0.15) is 0 Å². The number of hydrazine groups is 1. The van der Waals surface area contributed by atoms with Crippen LogP contribution in [0.25, 0.3) is 0 Å². The average molecular weight is 268 g/mol. The first-order valence-electron chi connectivity index (χ1n) is 5.01. The summed E-state index contributed by atoms with van der Waals surface area (Å²) >= 11 is 3.50. The van der Waals surface area contributed by atoms with Gasteiger partial charge in [-0.05, 0) is 31.4 Å². The van der Waals surface area contributed by atoms with Crippen molar-refractivity contribution in [2.75, 3.05) is 0 Å². The van der Waals surface area contributed by atoms with Crippen LogP contribution in [0.15, 0.2) is 27.7 Å². The molecule has 2 rings (SSSR count). The molecule has 0 aromatic heterocycles. The highest BCUT2D eigenvalue weighted by Crippen LogP contribution is 2.25. The lowest BCUT2D eigenvalue weighted by molar-refractivity contribution is 0.971. The zero-order valence-electron chi connectivity index (χ0n) is 8.63. The van der Waals surface area contributed by atoms with E-state index in [1.165, 1.54) is 18.4 Å². The predicted octanol–water partition coefficient (Wildman–Crippen LogP) is 2.13. The van der Waals surface area contributed by atoms with Gasteiger partial charge in [0.1, 0.15) is 5.84 Å². The van der Waals surface area contributed by atoms with Gasteiger partial charge in [0.2, 0.25) is 0 Å². The van der Waals surface area contributed by atoms with Crippen LogP contribution in [0.5, 0.6) is 0 Å². The van der Waals surface area contributed by atoms with E-state index >= 15 is 0 Å². The van der Waals surface area contributed by atoms with Gasteiger partial charge in [-0.15, -0.1) is 0 Å². The average Bonchev–Trinajstić information content (AvgIpc) is 3.02. The SMILES string of the molecule is Cc1ccc(C(=NC2CC2)NN)cc1Br. The molecule has 0 aliphatic heterocycles. The Labute approximate surface area is 97.9 Å². The van der Waals surface area contributed by atoms with Gasteiger partial charge >= 0.3 is 0 Å². The fourth-order valence-corrected chi connectivity index (χ4v) is 1.70. The van der Waals surface area contributed by atoms with Crippen LogP contribution in [0.1, 0.15) is 24.0 Å². The first-order chi connectivity index (χ1) is 7.20. The Kier molecular flexibility index (Phi) is 3.07. The molecule has 1 aliphatic rings. The summed E-state index contributed by atoms with van der Waals surface area (Å²) in [5.41, 5.74) is 4.90. The fraction of sp³-hybridized carbons (Fsp3) is 0.364. The van der Waals surface area contributed by atoms with Gasteiger partial charge in [-0.25, -0.2) is 5.84 Å². The molecule has 1 aromatic carbocycles. The van der Waals surface area contributed by atoms with Gasteiger partial charge in [0, 0.05) is 10.0 Å². The predicted molar refractivity (Wildman–Crippen MR) is 65.8 cm³/mol. The molecule has 0 spiro atoms. The summed E-state index contributed by atoms with van der Waals surface area (Å²) in [5, 5.41) is 0. The second kappa shape index (κ2) is 4.33. The van der Waals surface area contributed by atoms with Crippen molar-refractivity contribution >= 4 is 21.8 Å². The Bertz CT molecular complexity index is 397. The number of rotatable bonds is 2. The van der Waals surface area contributed by atoms with E-state index in [0.717, 1.165) is 15.9 Å². The minimum absolute atomic E-state index is 0.469. The Balaban J connectivity index is 2.29. The number of nitrogens with one attached hydrogen (secondary N) is 1. The Morgan fingerprint density at radius 2 is 2.27 bits per heavy atom. The van der Waals surface area contributed by atoms with Crippen molar-refractivity contribution in [3.63, 3.8) is 0 Å². The smallest absolute Gasteiger partial charge is 0.142 e. The highest BCUT2D eigenvalue weighted by atomic mass is 79.9. The van der Waals surface area contributed by atoms with Crippen molar-refractivity contribution < 1.29 is 0 Å². The standard InChI is InChI=1S/C11H14BrN3/c1-7-2-3-8(6-10(7)12)11(15-13)14-9-4-5-9/h2-3,6,9H,4-5,13H2,1H3,(H,14,15). The third kappa shape index (κ3) is 2.58. The first kappa shape index (κ1) is 10.6. The zero-order chi connectivity index (χ0) is 10.8. The summed E-state index contributed by atoms with van der Waals surface area (Å²) < 4.78 is 1.08. The third-order valence-electron chi connectivity index (χ3n) is 2.44. The number of halogens is 1. The van der Waals surface area contributed by atoms with Gasteiger partial charge in [-0.3, -0.25) is 4.99 Å². The maximum absolute atomic E-state index is 5.47. The van der Waals surface area contributed by atoms with Crippen LogP contribution in [0.4, 0.5) is 0 Å². The number of amidine groups is 1. The molecule has 4 heteroatoms. The van der Waals surface area contributed by atoms with Crippen LogP contribution < -0.4 is 11.3 Å². The topological polar surface area (TPSA) is 50.4 Å². The molecular weight excluding hydrogens is 254 g/mol. The molecular formula is C11H14BrN3. The van der Waals surface area contributed by atoms with Crippen molar-refractivity contribution in [3.8, 4) is 0 Å². The lowest BCUT2D eigenvalue weighted by atomic mass is 10.1. The normalized spacial score (nSPS) is 16.6. The molecule has 3 nitrogen and oxygen atoms in total.